The van der Waals surface area contributed by atoms with Crippen molar-refractivity contribution in [1.29, 1.82) is 0 Å². The van der Waals surface area contributed by atoms with Gasteiger partial charge in [0.2, 0.25) is 10.0 Å². The summed E-state index contributed by atoms with van der Waals surface area (Å²) in [7, 11) is -3.59. The Morgan fingerprint density at radius 2 is 1.64 bits per heavy atom. The summed E-state index contributed by atoms with van der Waals surface area (Å²) in [5.74, 6) is -0.631. The fraction of sp³-hybridized carbons (Fsp3) is 0.296. The van der Waals surface area contributed by atoms with Gasteiger partial charge in [-0.15, -0.1) is 0 Å². The number of ether oxygens (including phenoxy) is 1. The SMILES string of the molecule is CS(=O)(=O)N(Cc1ccc(F)cc1)c1ccc(C(=O)NCc2cccc(CN3CCOCC3)c2)cc1. The predicted molar refractivity (Wildman–Crippen MR) is 138 cm³/mol. The van der Waals surface area contributed by atoms with E-state index in [2.05, 4.69) is 22.3 Å². The van der Waals surface area contributed by atoms with Crippen LogP contribution in [0.25, 0.3) is 0 Å². The van der Waals surface area contributed by atoms with Crippen molar-refractivity contribution >= 4 is 21.6 Å². The molecule has 1 N–H and O–H groups in total. The third-order valence-electron chi connectivity index (χ3n) is 6.01. The van der Waals surface area contributed by atoms with Crippen molar-refractivity contribution in [3.05, 3.63) is 101 Å². The Labute approximate surface area is 211 Å². The van der Waals surface area contributed by atoms with Gasteiger partial charge in [0.05, 0.1) is 31.7 Å². The topological polar surface area (TPSA) is 79.0 Å². The van der Waals surface area contributed by atoms with E-state index in [1.807, 2.05) is 12.1 Å². The Hall–Kier alpha value is -3.27. The lowest BCUT2D eigenvalue weighted by Crippen LogP contribution is -2.35. The van der Waals surface area contributed by atoms with Crippen LogP contribution in [0.4, 0.5) is 10.1 Å². The van der Waals surface area contributed by atoms with E-state index in [1.54, 1.807) is 36.4 Å². The number of carbonyl (C=O) groups excluding carboxylic acids is 1. The largest absolute Gasteiger partial charge is 0.379 e. The van der Waals surface area contributed by atoms with Crippen LogP contribution in [0.1, 0.15) is 27.0 Å². The standard InChI is InChI=1S/C27H30FN3O4S/c1-36(33,34)31(20-21-5-9-25(28)10-6-21)26-11-7-24(8-12-26)27(32)29-18-22-3-2-4-23(17-22)19-30-13-15-35-16-14-30/h2-12,17H,13-16,18-20H2,1H3,(H,29,32). The summed E-state index contributed by atoms with van der Waals surface area (Å²) in [4.78, 5) is 15.1. The number of amides is 1. The van der Waals surface area contributed by atoms with E-state index < -0.39 is 10.0 Å². The van der Waals surface area contributed by atoms with Crippen molar-refractivity contribution in [2.24, 2.45) is 0 Å². The van der Waals surface area contributed by atoms with Crippen LogP contribution in [0.15, 0.2) is 72.8 Å². The van der Waals surface area contributed by atoms with Crippen LogP contribution >= 0.6 is 0 Å². The van der Waals surface area contributed by atoms with Gasteiger partial charge in [0.25, 0.3) is 5.91 Å². The molecule has 0 saturated carbocycles. The molecule has 1 aliphatic rings. The third kappa shape index (κ3) is 7.13. The lowest BCUT2D eigenvalue weighted by molar-refractivity contribution is 0.0342. The number of rotatable bonds is 9. The van der Waals surface area contributed by atoms with Gasteiger partial charge in [-0.1, -0.05) is 36.4 Å². The normalized spacial score (nSPS) is 14.4. The number of carbonyl (C=O) groups is 1. The molecule has 0 radical (unpaired) electrons. The number of benzene rings is 3. The number of morpholine rings is 1. The highest BCUT2D eigenvalue weighted by atomic mass is 32.2. The van der Waals surface area contributed by atoms with Gasteiger partial charge in [0, 0.05) is 31.7 Å². The zero-order valence-corrected chi connectivity index (χ0v) is 21.0. The molecule has 0 spiro atoms. The summed E-state index contributed by atoms with van der Waals surface area (Å²) in [5.41, 5.74) is 3.70. The Morgan fingerprint density at radius 1 is 0.972 bits per heavy atom. The van der Waals surface area contributed by atoms with Crippen LogP contribution < -0.4 is 9.62 Å². The van der Waals surface area contributed by atoms with Gasteiger partial charge in [-0.25, -0.2) is 12.8 Å². The first-order chi connectivity index (χ1) is 17.3. The summed E-state index contributed by atoms with van der Waals surface area (Å²) in [6.07, 6.45) is 1.12. The van der Waals surface area contributed by atoms with Gasteiger partial charge in [-0.3, -0.25) is 14.0 Å². The van der Waals surface area contributed by atoms with E-state index in [0.29, 0.717) is 23.4 Å². The van der Waals surface area contributed by atoms with Crippen LogP contribution in [-0.2, 0) is 34.4 Å². The average Bonchev–Trinajstić information content (AvgIpc) is 2.87. The molecule has 3 aromatic rings. The lowest BCUT2D eigenvalue weighted by Gasteiger charge is -2.26. The molecule has 1 saturated heterocycles. The Bertz CT molecular complexity index is 1280. The highest BCUT2D eigenvalue weighted by Crippen LogP contribution is 2.21. The molecule has 190 valence electrons. The molecule has 1 fully saturated rings. The first kappa shape index (κ1) is 25.8. The molecule has 36 heavy (non-hydrogen) atoms. The second-order valence-corrected chi connectivity index (χ2v) is 10.7. The van der Waals surface area contributed by atoms with E-state index in [4.69, 9.17) is 4.74 Å². The first-order valence-corrected chi connectivity index (χ1v) is 13.6. The fourth-order valence-corrected chi connectivity index (χ4v) is 4.96. The van der Waals surface area contributed by atoms with Crippen molar-refractivity contribution in [3.63, 3.8) is 0 Å². The van der Waals surface area contributed by atoms with Crippen LogP contribution in [0, 0.1) is 5.82 Å². The number of nitrogens with one attached hydrogen (secondary N) is 1. The molecule has 7 nitrogen and oxygen atoms in total. The molecule has 1 aliphatic heterocycles. The summed E-state index contributed by atoms with van der Waals surface area (Å²) in [6, 6.07) is 20.2. The fourth-order valence-electron chi connectivity index (χ4n) is 4.07. The second kappa shape index (κ2) is 11.6. The number of hydrogen-bond acceptors (Lipinski definition) is 5. The van der Waals surface area contributed by atoms with E-state index in [-0.39, 0.29) is 18.3 Å². The number of halogens is 1. The highest BCUT2D eigenvalue weighted by molar-refractivity contribution is 7.92. The van der Waals surface area contributed by atoms with Gasteiger partial charge in [-0.2, -0.15) is 0 Å². The predicted octanol–water partition coefficient (Wildman–Crippen LogP) is 3.55. The number of sulfonamides is 1. The van der Waals surface area contributed by atoms with Crippen LogP contribution in [-0.4, -0.2) is 51.8 Å². The lowest BCUT2D eigenvalue weighted by atomic mass is 10.1. The molecule has 9 heteroatoms. The second-order valence-electron chi connectivity index (χ2n) is 8.83. The molecule has 0 aliphatic carbocycles. The van der Waals surface area contributed by atoms with Gasteiger partial charge >= 0.3 is 0 Å². The minimum atomic E-state index is -3.59. The summed E-state index contributed by atoms with van der Waals surface area (Å²) in [5, 5.41) is 2.93. The maximum atomic E-state index is 13.2. The van der Waals surface area contributed by atoms with Gasteiger partial charge in [0.1, 0.15) is 5.82 Å². The Kier molecular flexibility index (Phi) is 8.35. The van der Waals surface area contributed by atoms with Crippen molar-refractivity contribution in [3.8, 4) is 0 Å². The molecule has 0 atom stereocenters. The van der Waals surface area contributed by atoms with E-state index in [9.17, 15) is 17.6 Å². The summed E-state index contributed by atoms with van der Waals surface area (Å²) < 4.78 is 44.6. The monoisotopic (exact) mass is 511 g/mol. The summed E-state index contributed by atoms with van der Waals surface area (Å²) >= 11 is 0. The minimum absolute atomic E-state index is 0.0610. The number of nitrogens with zero attached hydrogens (tertiary/aromatic N) is 2. The van der Waals surface area contributed by atoms with Crippen molar-refractivity contribution < 1.29 is 22.3 Å². The van der Waals surface area contributed by atoms with E-state index in [0.717, 1.165) is 44.7 Å². The molecule has 0 unspecified atom stereocenters. The van der Waals surface area contributed by atoms with Crippen molar-refractivity contribution in [2.45, 2.75) is 19.6 Å². The average molecular weight is 512 g/mol. The molecule has 1 heterocycles. The molecule has 3 aromatic carbocycles. The maximum absolute atomic E-state index is 13.2. The molecule has 1 amide bonds. The van der Waals surface area contributed by atoms with E-state index >= 15 is 0 Å². The van der Waals surface area contributed by atoms with E-state index in [1.165, 1.54) is 22.0 Å². The highest BCUT2D eigenvalue weighted by Gasteiger charge is 2.19. The maximum Gasteiger partial charge on any atom is 0.251 e. The van der Waals surface area contributed by atoms with Crippen molar-refractivity contribution in [2.75, 3.05) is 36.9 Å². The van der Waals surface area contributed by atoms with Crippen LogP contribution in [0.5, 0.6) is 0 Å². The van der Waals surface area contributed by atoms with Crippen molar-refractivity contribution in [1.82, 2.24) is 10.2 Å². The summed E-state index contributed by atoms with van der Waals surface area (Å²) in [6.45, 7) is 4.63. The molecule has 4 rings (SSSR count). The molecule has 0 bridgehead atoms. The first-order valence-electron chi connectivity index (χ1n) is 11.8. The van der Waals surface area contributed by atoms with Crippen LogP contribution in [0.3, 0.4) is 0 Å². The van der Waals surface area contributed by atoms with Gasteiger partial charge in [0.15, 0.2) is 0 Å². The molecule has 0 aromatic heterocycles. The van der Waals surface area contributed by atoms with Gasteiger partial charge in [-0.05, 0) is 53.1 Å². The number of hydrogen-bond donors (Lipinski definition) is 1. The molecular weight excluding hydrogens is 481 g/mol. The zero-order valence-electron chi connectivity index (χ0n) is 20.2. The third-order valence-corrected chi connectivity index (χ3v) is 7.15. The number of anilines is 1. The smallest absolute Gasteiger partial charge is 0.251 e. The minimum Gasteiger partial charge on any atom is -0.379 e. The zero-order chi connectivity index (χ0) is 25.5. The molecular formula is C27H30FN3O4S. The Morgan fingerprint density at radius 3 is 2.31 bits per heavy atom. The van der Waals surface area contributed by atoms with Crippen LogP contribution in [0.2, 0.25) is 0 Å². The Balaban J connectivity index is 1.38. The van der Waals surface area contributed by atoms with Gasteiger partial charge < -0.3 is 10.1 Å². The quantitative estimate of drug-likeness (QED) is 0.475.